The van der Waals surface area contributed by atoms with Crippen LogP contribution in [-0.2, 0) is 34.5 Å². The van der Waals surface area contributed by atoms with Crippen molar-refractivity contribution >= 4 is 16.0 Å². The fourth-order valence-electron chi connectivity index (χ4n) is 2.46. The number of halogens is 3. The van der Waals surface area contributed by atoms with Gasteiger partial charge in [-0.15, -0.1) is 0 Å². The quantitative estimate of drug-likeness (QED) is 0.428. The summed E-state index contributed by atoms with van der Waals surface area (Å²) in [6.07, 6.45) is -4.34. The fraction of sp³-hybridized carbons (Fsp3) is 0.316. The lowest BCUT2D eigenvalue weighted by Crippen LogP contribution is -2.36. The van der Waals surface area contributed by atoms with E-state index in [0.717, 1.165) is 5.56 Å². The van der Waals surface area contributed by atoms with Gasteiger partial charge < -0.3 is 15.4 Å². The molecule has 0 radical (unpaired) electrons. The maximum absolute atomic E-state index is 12.1. The summed E-state index contributed by atoms with van der Waals surface area (Å²) in [6.45, 7) is -0.633. The number of ether oxygens (including phenoxy) is 1. The molecule has 2 aromatic rings. The summed E-state index contributed by atoms with van der Waals surface area (Å²) in [5.41, 5.74) is 2.25. The van der Waals surface area contributed by atoms with Crippen molar-refractivity contribution in [1.29, 1.82) is 0 Å². The number of aliphatic imine (C=N–C) groups is 1. The van der Waals surface area contributed by atoms with Crippen molar-refractivity contribution in [1.82, 2.24) is 10.6 Å². The van der Waals surface area contributed by atoms with Crippen molar-refractivity contribution < 1.29 is 26.3 Å². The van der Waals surface area contributed by atoms with Gasteiger partial charge in [-0.1, -0.05) is 36.4 Å². The molecule has 0 fully saturated rings. The Labute approximate surface area is 173 Å². The van der Waals surface area contributed by atoms with Crippen LogP contribution in [0.2, 0.25) is 0 Å². The Morgan fingerprint density at radius 2 is 1.63 bits per heavy atom. The van der Waals surface area contributed by atoms with Gasteiger partial charge in [0.15, 0.2) is 5.96 Å². The first-order valence-corrected chi connectivity index (χ1v) is 10.4. The molecular formula is C19H23F3N4O3S. The van der Waals surface area contributed by atoms with Crippen LogP contribution in [0.4, 0.5) is 13.2 Å². The Bertz CT molecular complexity index is 962. The zero-order chi connectivity index (χ0) is 22.2. The van der Waals surface area contributed by atoms with E-state index in [1.807, 2.05) is 0 Å². The molecule has 0 unspecified atom stereocenters. The van der Waals surface area contributed by atoms with Crippen LogP contribution in [0.1, 0.15) is 16.7 Å². The van der Waals surface area contributed by atoms with Crippen LogP contribution < -0.4 is 15.8 Å². The third-order valence-electron chi connectivity index (χ3n) is 3.93. The second kappa shape index (κ2) is 10.4. The van der Waals surface area contributed by atoms with Gasteiger partial charge in [-0.05, 0) is 28.8 Å². The zero-order valence-corrected chi connectivity index (χ0v) is 17.1. The molecule has 0 aliphatic heterocycles. The summed E-state index contributed by atoms with van der Waals surface area (Å²) in [5.74, 6) is 0.494. The molecule has 0 bridgehead atoms. The highest BCUT2D eigenvalue weighted by atomic mass is 32.2. The number of rotatable bonds is 8. The molecule has 0 aliphatic carbocycles. The van der Waals surface area contributed by atoms with Gasteiger partial charge in [0.1, 0.15) is 6.61 Å². The molecular weight excluding hydrogens is 421 g/mol. The lowest BCUT2D eigenvalue weighted by molar-refractivity contribution is -0.176. The van der Waals surface area contributed by atoms with E-state index in [0.29, 0.717) is 30.2 Å². The van der Waals surface area contributed by atoms with E-state index in [4.69, 9.17) is 5.14 Å². The summed E-state index contributed by atoms with van der Waals surface area (Å²) < 4.78 is 63.8. The smallest absolute Gasteiger partial charge is 0.367 e. The van der Waals surface area contributed by atoms with E-state index in [-0.39, 0.29) is 11.5 Å². The largest absolute Gasteiger partial charge is 0.411 e. The molecule has 4 N–H and O–H groups in total. The number of primary sulfonamides is 1. The van der Waals surface area contributed by atoms with Gasteiger partial charge >= 0.3 is 6.18 Å². The van der Waals surface area contributed by atoms with Gasteiger partial charge in [-0.3, -0.25) is 4.99 Å². The third-order valence-corrected chi connectivity index (χ3v) is 4.84. The summed E-state index contributed by atoms with van der Waals surface area (Å²) in [6, 6.07) is 13.2. The molecule has 7 nitrogen and oxygen atoms in total. The number of hydrogen-bond acceptors (Lipinski definition) is 4. The standard InChI is InChI=1S/C19H23F3N4O3S/c1-24-18(26-11-16-3-2-4-17(9-16)30(23,27)28)25-10-14-5-7-15(8-6-14)12-29-13-19(20,21)22/h2-9H,10-13H2,1H3,(H2,23,27,28)(H2,24,25,26). The highest BCUT2D eigenvalue weighted by Gasteiger charge is 2.27. The van der Waals surface area contributed by atoms with E-state index in [9.17, 15) is 21.6 Å². The molecule has 164 valence electrons. The van der Waals surface area contributed by atoms with Gasteiger partial charge in [0.25, 0.3) is 0 Å². The van der Waals surface area contributed by atoms with Crippen molar-refractivity contribution in [3.05, 3.63) is 65.2 Å². The highest BCUT2D eigenvalue weighted by molar-refractivity contribution is 7.89. The molecule has 0 heterocycles. The number of nitrogens with one attached hydrogen (secondary N) is 2. The monoisotopic (exact) mass is 444 g/mol. The second-order valence-corrected chi connectivity index (χ2v) is 7.96. The number of guanidine groups is 1. The summed E-state index contributed by atoms with van der Waals surface area (Å²) >= 11 is 0. The predicted octanol–water partition coefficient (Wildman–Crippen LogP) is 2.28. The number of alkyl halides is 3. The molecule has 0 saturated carbocycles. The van der Waals surface area contributed by atoms with Gasteiger partial charge in [-0.2, -0.15) is 13.2 Å². The third kappa shape index (κ3) is 8.39. The molecule has 0 aliphatic rings. The SMILES string of the molecule is CN=C(NCc1ccc(COCC(F)(F)F)cc1)NCc1cccc(S(N)(=O)=O)c1. The van der Waals surface area contributed by atoms with Crippen LogP contribution in [0.25, 0.3) is 0 Å². The van der Waals surface area contributed by atoms with Crippen LogP contribution in [0, 0.1) is 0 Å². The summed E-state index contributed by atoms with van der Waals surface area (Å²) in [7, 11) is -2.18. The van der Waals surface area contributed by atoms with E-state index in [1.165, 1.54) is 12.1 Å². The first-order chi connectivity index (χ1) is 14.1. The second-order valence-electron chi connectivity index (χ2n) is 6.40. The number of hydrogen-bond donors (Lipinski definition) is 3. The first-order valence-electron chi connectivity index (χ1n) is 8.85. The first kappa shape index (κ1) is 23.6. The van der Waals surface area contributed by atoms with Crippen LogP contribution in [0.5, 0.6) is 0 Å². The minimum atomic E-state index is -4.34. The Balaban J connectivity index is 1.83. The predicted molar refractivity (Wildman–Crippen MR) is 107 cm³/mol. The minimum Gasteiger partial charge on any atom is -0.367 e. The van der Waals surface area contributed by atoms with E-state index in [1.54, 1.807) is 43.4 Å². The van der Waals surface area contributed by atoms with Crippen LogP contribution >= 0.6 is 0 Å². The zero-order valence-electron chi connectivity index (χ0n) is 16.2. The van der Waals surface area contributed by atoms with Crippen LogP contribution in [0.3, 0.4) is 0 Å². The number of nitrogens with two attached hydrogens (primary N) is 1. The number of sulfonamides is 1. The Kier molecular flexibility index (Phi) is 8.21. The van der Waals surface area contributed by atoms with Gasteiger partial charge in [0, 0.05) is 20.1 Å². The maximum atomic E-state index is 12.1. The normalized spacial score (nSPS) is 12.6. The molecule has 0 spiro atoms. The Hall–Kier alpha value is -2.63. The lowest BCUT2D eigenvalue weighted by atomic mass is 10.1. The molecule has 11 heteroatoms. The van der Waals surface area contributed by atoms with Crippen molar-refractivity contribution in [2.75, 3.05) is 13.7 Å². The average Bonchev–Trinajstić information content (AvgIpc) is 2.68. The maximum Gasteiger partial charge on any atom is 0.411 e. The van der Waals surface area contributed by atoms with Gasteiger partial charge in [0.2, 0.25) is 10.0 Å². The lowest BCUT2D eigenvalue weighted by Gasteiger charge is -2.13. The molecule has 0 saturated heterocycles. The molecule has 0 atom stereocenters. The topological polar surface area (TPSA) is 106 Å². The van der Waals surface area contributed by atoms with Crippen molar-refractivity contribution in [3.8, 4) is 0 Å². The van der Waals surface area contributed by atoms with E-state index >= 15 is 0 Å². The molecule has 0 amide bonds. The summed E-state index contributed by atoms with van der Waals surface area (Å²) in [5, 5.41) is 11.3. The summed E-state index contributed by atoms with van der Waals surface area (Å²) in [4.78, 5) is 4.13. The fourth-order valence-corrected chi connectivity index (χ4v) is 3.05. The molecule has 0 aromatic heterocycles. The van der Waals surface area contributed by atoms with Crippen LogP contribution in [-0.4, -0.2) is 34.2 Å². The molecule has 30 heavy (non-hydrogen) atoms. The van der Waals surface area contributed by atoms with Crippen LogP contribution in [0.15, 0.2) is 58.4 Å². The van der Waals surface area contributed by atoms with Crippen molar-refractivity contribution in [2.45, 2.75) is 30.8 Å². The number of benzene rings is 2. The molecule has 2 rings (SSSR count). The Morgan fingerprint density at radius 3 is 2.20 bits per heavy atom. The van der Waals surface area contributed by atoms with Gasteiger partial charge in [0.05, 0.1) is 11.5 Å². The highest BCUT2D eigenvalue weighted by Crippen LogP contribution is 2.16. The average molecular weight is 444 g/mol. The minimum absolute atomic E-state index is 0.0315. The van der Waals surface area contributed by atoms with Crippen molar-refractivity contribution in [3.63, 3.8) is 0 Å². The number of nitrogens with zero attached hydrogens (tertiary/aromatic N) is 1. The van der Waals surface area contributed by atoms with E-state index in [2.05, 4.69) is 20.4 Å². The molecule has 2 aromatic carbocycles. The van der Waals surface area contributed by atoms with Crippen molar-refractivity contribution in [2.24, 2.45) is 10.1 Å². The van der Waals surface area contributed by atoms with E-state index < -0.39 is 22.8 Å². The Morgan fingerprint density at radius 1 is 1.03 bits per heavy atom. The van der Waals surface area contributed by atoms with Gasteiger partial charge in [-0.25, -0.2) is 13.6 Å².